The van der Waals surface area contributed by atoms with Gasteiger partial charge in [0.25, 0.3) is 0 Å². The van der Waals surface area contributed by atoms with Gasteiger partial charge in [-0.3, -0.25) is 4.99 Å². The summed E-state index contributed by atoms with van der Waals surface area (Å²) < 4.78 is 11.1. The quantitative estimate of drug-likeness (QED) is 0.184. The van der Waals surface area contributed by atoms with Crippen molar-refractivity contribution in [3.05, 3.63) is 23.8 Å². The number of nitrogens with zero attached hydrogens (tertiary/aromatic N) is 3. The molecule has 1 saturated heterocycles. The first-order chi connectivity index (χ1) is 14.6. The maximum atomic E-state index is 5.69. The first kappa shape index (κ1) is 27.8. The average Bonchev–Trinajstić information content (AvgIpc) is 3.23. The highest BCUT2D eigenvalue weighted by atomic mass is 127. The van der Waals surface area contributed by atoms with E-state index in [-0.39, 0.29) is 24.0 Å². The molecule has 1 aliphatic rings. The molecule has 0 saturated carbocycles. The van der Waals surface area contributed by atoms with Crippen molar-refractivity contribution in [2.75, 3.05) is 59.5 Å². The van der Waals surface area contributed by atoms with Crippen molar-refractivity contribution in [3.8, 4) is 11.5 Å². The first-order valence-corrected chi connectivity index (χ1v) is 11.7. The molecule has 1 atom stereocenters. The van der Waals surface area contributed by atoms with Gasteiger partial charge in [0.15, 0.2) is 17.5 Å². The minimum Gasteiger partial charge on any atom is -0.493 e. The number of halogens is 1. The van der Waals surface area contributed by atoms with Gasteiger partial charge >= 0.3 is 0 Å². The molecular formula is C24H43IN4O2. The van der Waals surface area contributed by atoms with Crippen LogP contribution in [0, 0.1) is 5.92 Å². The summed E-state index contributed by atoms with van der Waals surface area (Å²) in [5, 5.41) is 3.49. The minimum atomic E-state index is 0. The molecule has 0 spiro atoms. The minimum absolute atomic E-state index is 0. The molecule has 1 heterocycles. The van der Waals surface area contributed by atoms with Crippen LogP contribution in [0.5, 0.6) is 11.5 Å². The molecule has 1 unspecified atom stereocenters. The van der Waals surface area contributed by atoms with Gasteiger partial charge in [-0.1, -0.05) is 19.9 Å². The summed E-state index contributed by atoms with van der Waals surface area (Å²) in [6.45, 7) is 16.7. The van der Waals surface area contributed by atoms with E-state index in [1.54, 1.807) is 7.11 Å². The lowest BCUT2D eigenvalue weighted by atomic mass is 10.1. The second-order valence-electron chi connectivity index (χ2n) is 7.84. The predicted molar refractivity (Wildman–Crippen MR) is 141 cm³/mol. The number of guanidine groups is 1. The zero-order valence-electron chi connectivity index (χ0n) is 20.2. The molecule has 1 fully saturated rings. The lowest BCUT2D eigenvalue weighted by Crippen LogP contribution is -2.41. The Labute approximate surface area is 206 Å². The maximum absolute atomic E-state index is 5.69. The molecule has 31 heavy (non-hydrogen) atoms. The number of aryl methyl sites for hydroxylation is 1. The highest BCUT2D eigenvalue weighted by molar-refractivity contribution is 14.0. The van der Waals surface area contributed by atoms with E-state index < -0.39 is 0 Å². The van der Waals surface area contributed by atoms with E-state index in [1.165, 1.54) is 18.5 Å². The fourth-order valence-electron chi connectivity index (χ4n) is 4.06. The Morgan fingerprint density at radius 3 is 2.61 bits per heavy atom. The monoisotopic (exact) mass is 546 g/mol. The van der Waals surface area contributed by atoms with Crippen molar-refractivity contribution in [2.24, 2.45) is 10.9 Å². The predicted octanol–water partition coefficient (Wildman–Crippen LogP) is 4.27. The smallest absolute Gasteiger partial charge is 0.193 e. The van der Waals surface area contributed by atoms with Crippen molar-refractivity contribution in [1.82, 2.24) is 15.1 Å². The number of benzene rings is 1. The van der Waals surface area contributed by atoms with Crippen molar-refractivity contribution in [2.45, 2.75) is 47.0 Å². The molecular weight excluding hydrogens is 503 g/mol. The van der Waals surface area contributed by atoms with Crippen LogP contribution in [0.1, 0.15) is 46.1 Å². The average molecular weight is 547 g/mol. The second kappa shape index (κ2) is 15.6. The molecule has 178 valence electrons. The van der Waals surface area contributed by atoms with Crippen molar-refractivity contribution >= 4 is 29.9 Å². The van der Waals surface area contributed by atoms with Crippen molar-refractivity contribution in [1.29, 1.82) is 0 Å². The summed E-state index contributed by atoms with van der Waals surface area (Å²) in [5.41, 5.74) is 1.26. The summed E-state index contributed by atoms with van der Waals surface area (Å²) in [5.74, 6) is 3.43. The summed E-state index contributed by atoms with van der Waals surface area (Å²) in [4.78, 5) is 9.89. The standard InChI is InChI=1S/C24H42N4O2.HI/c1-6-25-24(28-16-14-21(19-28)18-27(7-2)8-3)26-15-10-11-20-12-13-22(29-5)23(17-20)30-9-4;/h12-13,17,21H,6-11,14-16,18-19H2,1-5H3,(H,25,26);1H. The van der Waals surface area contributed by atoms with Crippen molar-refractivity contribution in [3.63, 3.8) is 0 Å². The highest BCUT2D eigenvalue weighted by Gasteiger charge is 2.25. The van der Waals surface area contributed by atoms with Crippen LogP contribution in [0.25, 0.3) is 0 Å². The number of likely N-dealkylation sites (tertiary alicyclic amines) is 1. The number of methoxy groups -OCH3 is 1. The molecule has 0 aromatic heterocycles. The molecule has 7 heteroatoms. The van der Waals surface area contributed by atoms with E-state index in [0.717, 1.165) is 75.5 Å². The highest BCUT2D eigenvalue weighted by Crippen LogP contribution is 2.28. The molecule has 0 bridgehead atoms. The number of rotatable bonds is 12. The Morgan fingerprint density at radius 2 is 1.97 bits per heavy atom. The van der Waals surface area contributed by atoms with Crippen LogP contribution in [-0.4, -0.2) is 75.3 Å². The van der Waals surface area contributed by atoms with Gasteiger partial charge in [-0.15, -0.1) is 24.0 Å². The zero-order chi connectivity index (χ0) is 21.8. The van der Waals surface area contributed by atoms with E-state index >= 15 is 0 Å². The Morgan fingerprint density at radius 1 is 1.19 bits per heavy atom. The van der Waals surface area contributed by atoms with Gasteiger partial charge in [0.2, 0.25) is 0 Å². The Kier molecular flexibility index (Phi) is 14.0. The summed E-state index contributed by atoms with van der Waals surface area (Å²) in [6.07, 6.45) is 3.26. The van der Waals surface area contributed by atoms with Gasteiger partial charge in [0.1, 0.15) is 0 Å². The van der Waals surface area contributed by atoms with Crippen LogP contribution < -0.4 is 14.8 Å². The van der Waals surface area contributed by atoms with Gasteiger partial charge in [-0.05, 0) is 69.8 Å². The molecule has 1 aromatic rings. The fraction of sp³-hybridized carbons (Fsp3) is 0.708. The normalized spacial score (nSPS) is 16.4. The Hall–Kier alpha value is -1.22. The van der Waals surface area contributed by atoms with E-state index in [4.69, 9.17) is 14.5 Å². The molecule has 2 rings (SSSR count). The van der Waals surface area contributed by atoms with E-state index in [2.05, 4.69) is 48.0 Å². The van der Waals surface area contributed by atoms with Crippen LogP contribution in [0.15, 0.2) is 23.2 Å². The van der Waals surface area contributed by atoms with Crippen LogP contribution in [0.2, 0.25) is 0 Å². The number of hydrogen-bond donors (Lipinski definition) is 1. The molecule has 1 aromatic carbocycles. The van der Waals surface area contributed by atoms with E-state index in [1.807, 2.05) is 13.0 Å². The van der Waals surface area contributed by atoms with Crippen LogP contribution >= 0.6 is 24.0 Å². The SMILES string of the molecule is CCNC(=NCCCc1ccc(OC)c(OCC)c1)N1CCC(CN(CC)CC)C1.I. The number of hydrogen-bond acceptors (Lipinski definition) is 4. The maximum Gasteiger partial charge on any atom is 0.193 e. The summed E-state index contributed by atoms with van der Waals surface area (Å²) in [7, 11) is 1.68. The van der Waals surface area contributed by atoms with Crippen LogP contribution in [0.4, 0.5) is 0 Å². The summed E-state index contributed by atoms with van der Waals surface area (Å²) in [6, 6.07) is 6.21. The van der Waals surface area contributed by atoms with Crippen LogP contribution in [-0.2, 0) is 6.42 Å². The van der Waals surface area contributed by atoms with E-state index in [0.29, 0.717) is 6.61 Å². The third-order valence-corrected chi connectivity index (χ3v) is 5.74. The topological polar surface area (TPSA) is 49.3 Å². The van der Waals surface area contributed by atoms with Gasteiger partial charge in [0.05, 0.1) is 13.7 Å². The van der Waals surface area contributed by atoms with Gasteiger partial charge in [0, 0.05) is 32.7 Å². The first-order valence-electron chi connectivity index (χ1n) is 11.7. The van der Waals surface area contributed by atoms with Gasteiger partial charge in [-0.2, -0.15) is 0 Å². The molecule has 0 radical (unpaired) electrons. The number of nitrogens with one attached hydrogen (secondary N) is 1. The molecule has 1 N–H and O–H groups in total. The Balaban J connectivity index is 0.00000480. The second-order valence-corrected chi connectivity index (χ2v) is 7.84. The lowest BCUT2D eigenvalue weighted by molar-refractivity contribution is 0.255. The number of ether oxygens (including phenoxy) is 2. The molecule has 0 amide bonds. The molecule has 0 aliphatic carbocycles. The lowest BCUT2D eigenvalue weighted by Gasteiger charge is -2.24. The number of aliphatic imine (C=N–C) groups is 1. The van der Waals surface area contributed by atoms with Gasteiger partial charge < -0.3 is 24.6 Å². The molecule has 6 nitrogen and oxygen atoms in total. The third-order valence-electron chi connectivity index (χ3n) is 5.74. The van der Waals surface area contributed by atoms with Gasteiger partial charge in [-0.25, -0.2) is 0 Å². The fourth-order valence-corrected chi connectivity index (χ4v) is 4.06. The van der Waals surface area contributed by atoms with Crippen molar-refractivity contribution < 1.29 is 9.47 Å². The summed E-state index contributed by atoms with van der Waals surface area (Å²) >= 11 is 0. The van der Waals surface area contributed by atoms with Crippen LogP contribution in [0.3, 0.4) is 0 Å². The van der Waals surface area contributed by atoms with E-state index in [9.17, 15) is 0 Å². The molecule has 1 aliphatic heterocycles. The zero-order valence-corrected chi connectivity index (χ0v) is 22.5. The third kappa shape index (κ3) is 9.04. The largest absolute Gasteiger partial charge is 0.493 e. The Bertz CT molecular complexity index is 652.